The van der Waals surface area contributed by atoms with Crippen LogP contribution in [0.5, 0.6) is 5.75 Å². The van der Waals surface area contributed by atoms with Crippen LogP contribution in [-0.2, 0) is 0 Å². The number of imidazole rings is 1. The van der Waals surface area contributed by atoms with E-state index in [0.29, 0.717) is 5.92 Å². The Bertz CT molecular complexity index is 485. The van der Waals surface area contributed by atoms with Crippen molar-refractivity contribution in [1.29, 1.82) is 0 Å². The third kappa shape index (κ3) is 1.57. The molecule has 4 heteroatoms. The van der Waals surface area contributed by atoms with Gasteiger partial charge in [0.05, 0.1) is 11.9 Å². The van der Waals surface area contributed by atoms with Crippen LogP contribution < -0.4 is 5.32 Å². The summed E-state index contributed by atoms with van der Waals surface area (Å²) in [6.07, 6.45) is 1.85. The highest BCUT2D eigenvalue weighted by Gasteiger charge is 2.21. The second kappa shape index (κ2) is 3.64. The van der Waals surface area contributed by atoms with E-state index in [-0.39, 0.29) is 5.75 Å². The normalized spacial score (nSPS) is 16.0. The average Bonchev–Trinajstić information content (AvgIpc) is 2.65. The Labute approximate surface area is 93.4 Å². The molecule has 2 heterocycles. The second-order valence-electron chi connectivity index (χ2n) is 4.08. The number of phenolic OH excluding ortho intramolecular Hbond substituents is 1. The van der Waals surface area contributed by atoms with E-state index in [1.54, 1.807) is 12.1 Å². The smallest absolute Gasteiger partial charge is 0.115 e. The number of rotatable bonds is 2. The summed E-state index contributed by atoms with van der Waals surface area (Å²) in [6, 6.07) is 7.12. The van der Waals surface area contributed by atoms with Crippen LogP contribution in [0.1, 0.15) is 11.7 Å². The van der Waals surface area contributed by atoms with Gasteiger partial charge in [-0.1, -0.05) is 0 Å². The molecule has 3 N–H and O–H groups in total. The first kappa shape index (κ1) is 9.42. The van der Waals surface area contributed by atoms with E-state index in [2.05, 4.69) is 15.3 Å². The number of hydrogen-bond donors (Lipinski definition) is 3. The number of benzene rings is 1. The molecule has 1 aliphatic heterocycles. The molecular formula is C12H13N3O. The summed E-state index contributed by atoms with van der Waals surface area (Å²) in [4.78, 5) is 7.70. The van der Waals surface area contributed by atoms with Gasteiger partial charge >= 0.3 is 0 Å². The summed E-state index contributed by atoms with van der Waals surface area (Å²) < 4.78 is 0. The number of H-pyrrole nitrogens is 1. The van der Waals surface area contributed by atoms with E-state index in [1.165, 1.54) is 0 Å². The van der Waals surface area contributed by atoms with E-state index in [1.807, 2.05) is 18.3 Å². The van der Waals surface area contributed by atoms with Crippen molar-refractivity contribution in [3.05, 3.63) is 36.3 Å². The number of aromatic nitrogens is 2. The molecule has 1 aromatic carbocycles. The molecule has 0 aliphatic carbocycles. The van der Waals surface area contributed by atoms with Gasteiger partial charge < -0.3 is 15.4 Å². The van der Waals surface area contributed by atoms with Crippen molar-refractivity contribution < 1.29 is 5.11 Å². The SMILES string of the molecule is Oc1ccc(-c2cnc(C3CNC3)[nH]2)cc1. The molecule has 0 amide bonds. The lowest BCUT2D eigenvalue weighted by molar-refractivity contribution is 0.433. The van der Waals surface area contributed by atoms with E-state index in [9.17, 15) is 5.11 Å². The number of hydrogen-bond acceptors (Lipinski definition) is 3. The minimum Gasteiger partial charge on any atom is -0.508 e. The quantitative estimate of drug-likeness (QED) is 0.711. The standard InChI is InChI=1S/C12H13N3O/c16-10-3-1-8(2-4-10)11-7-14-12(15-11)9-5-13-6-9/h1-4,7,9,13,16H,5-6H2,(H,14,15). The van der Waals surface area contributed by atoms with Gasteiger partial charge in [-0.2, -0.15) is 0 Å². The lowest BCUT2D eigenvalue weighted by Crippen LogP contribution is -2.40. The molecule has 1 saturated heterocycles. The van der Waals surface area contributed by atoms with Crippen LogP contribution in [0.2, 0.25) is 0 Å². The maximum Gasteiger partial charge on any atom is 0.115 e. The Morgan fingerprint density at radius 3 is 2.56 bits per heavy atom. The van der Waals surface area contributed by atoms with Crippen LogP contribution in [0.4, 0.5) is 0 Å². The Morgan fingerprint density at radius 2 is 1.94 bits per heavy atom. The molecule has 1 fully saturated rings. The molecule has 0 unspecified atom stereocenters. The summed E-state index contributed by atoms with van der Waals surface area (Å²) in [6.45, 7) is 2.01. The van der Waals surface area contributed by atoms with E-state index in [4.69, 9.17) is 0 Å². The van der Waals surface area contributed by atoms with Gasteiger partial charge in [-0.25, -0.2) is 4.98 Å². The average molecular weight is 215 g/mol. The zero-order chi connectivity index (χ0) is 11.0. The molecule has 0 saturated carbocycles. The molecule has 0 radical (unpaired) electrons. The second-order valence-corrected chi connectivity index (χ2v) is 4.08. The van der Waals surface area contributed by atoms with Gasteiger partial charge in [0, 0.05) is 19.0 Å². The first-order valence-electron chi connectivity index (χ1n) is 5.38. The van der Waals surface area contributed by atoms with E-state index in [0.717, 1.165) is 30.2 Å². The number of phenols is 1. The number of aromatic amines is 1. The maximum absolute atomic E-state index is 9.21. The fourth-order valence-corrected chi connectivity index (χ4v) is 1.81. The minimum atomic E-state index is 0.284. The van der Waals surface area contributed by atoms with Crippen molar-refractivity contribution in [2.45, 2.75) is 5.92 Å². The molecule has 0 atom stereocenters. The Hall–Kier alpha value is -1.81. The fourth-order valence-electron chi connectivity index (χ4n) is 1.81. The van der Waals surface area contributed by atoms with Crippen LogP contribution in [0.15, 0.2) is 30.5 Å². The van der Waals surface area contributed by atoms with Gasteiger partial charge in [0.15, 0.2) is 0 Å². The molecule has 16 heavy (non-hydrogen) atoms. The molecule has 1 aromatic heterocycles. The molecular weight excluding hydrogens is 202 g/mol. The van der Waals surface area contributed by atoms with Crippen molar-refractivity contribution in [2.24, 2.45) is 0 Å². The minimum absolute atomic E-state index is 0.284. The van der Waals surface area contributed by atoms with Gasteiger partial charge in [0.1, 0.15) is 11.6 Å². The first-order chi connectivity index (χ1) is 7.83. The van der Waals surface area contributed by atoms with Gasteiger partial charge in [-0.15, -0.1) is 0 Å². The Morgan fingerprint density at radius 1 is 1.19 bits per heavy atom. The van der Waals surface area contributed by atoms with Crippen LogP contribution in [0.25, 0.3) is 11.3 Å². The molecule has 82 valence electrons. The largest absolute Gasteiger partial charge is 0.508 e. The molecule has 3 rings (SSSR count). The van der Waals surface area contributed by atoms with E-state index >= 15 is 0 Å². The van der Waals surface area contributed by atoms with Crippen molar-refractivity contribution in [1.82, 2.24) is 15.3 Å². The van der Waals surface area contributed by atoms with Gasteiger partial charge in [0.2, 0.25) is 0 Å². The molecule has 0 spiro atoms. The monoisotopic (exact) mass is 215 g/mol. The van der Waals surface area contributed by atoms with Crippen LogP contribution in [-0.4, -0.2) is 28.2 Å². The number of aromatic hydroxyl groups is 1. The first-order valence-corrected chi connectivity index (χ1v) is 5.38. The highest BCUT2D eigenvalue weighted by Crippen LogP contribution is 2.23. The number of nitrogens with one attached hydrogen (secondary N) is 2. The Kier molecular flexibility index (Phi) is 2.15. The zero-order valence-corrected chi connectivity index (χ0v) is 8.77. The van der Waals surface area contributed by atoms with Crippen molar-refractivity contribution in [3.63, 3.8) is 0 Å². The van der Waals surface area contributed by atoms with Crippen molar-refractivity contribution in [2.75, 3.05) is 13.1 Å². The zero-order valence-electron chi connectivity index (χ0n) is 8.77. The fraction of sp³-hybridized carbons (Fsp3) is 0.250. The summed E-state index contributed by atoms with van der Waals surface area (Å²) >= 11 is 0. The topological polar surface area (TPSA) is 60.9 Å². The molecule has 4 nitrogen and oxygen atoms in total. The lowest BCUT2D eigenvalue weighted by Gasteiger charge is -2.24. The summed E-state index contributed by atoms with van der Waals surface area (Å²) in [5.74, 6) is 1.85. The maximum atomic E-state index is 9.21. The summed E-state index contributed by atoms with van der Waals surface area (Å²) in [5, 5.41) is 12.4. The Balaban J connectivity index is 1.88. The predicted molar refractivity (Wildman–Crippen MR) is 61.3 cm³/mol. The van der Waals surface area contributed by atoms with Crippen molar-refractivity contribution >= 4 is 0 Å². The molecule has 2 aromatic rings. The van der Waals surface area contributed by atoms with Gasteiger partial charge in [0.25, 0.3) is 0 Å². The molecule has 0 bridgehead atoms. The van der Waals surface area contributed by atoms with E-state index < -0.39 is 0 Å². The van der Waals surface area contributed by atoms with Gasteiger partial charge in [-0.3, -0.25) is 0 Å². The van der Waals surface area contributed by atoms with Crippen molar-refractivity contribution in [3.8, 4) is 17.0 Å². The third-order valence-corrected chi connectivity index (χ3v) is 2.94. The predicted octanol–water partition coefficient (Wildman–Crippen LogP) is 1.47. The highest BCUT2D eigenvalue weighted by atomic mass is 16.3. The van der Waals surface area contributed by atoms with Crippen LogP contribution >= 0.6 is 0 Å². The van der Waals surface area contributed by atoms with Crippen LogP contribution in [0.3, 0.4) is 0 Å². The van der Waals surface area contributed by atoms with Crippen LogP contribution in [0, 0.1) is 0 Å². The lowest BCUT2D eigenvalue weighted by atomic mass is 10.0. The van der Waals surface area contributed by atoms with Gasteiger partial charge in [-0.05, 0) is 29.8 Å². The third-order valence-electron chi connectivity index (χ3n) is 2.94. The summed E-state index contributed by atoms with van der Waals surface area (Å²) in [7, 11) is 0. The molecule has 1 aliphatic rings. The summed E-state index contributed by atoms with van der Waals surface area (Å²) in [5.41, 5.74) is 2.05. The highest BCUT2D eigenvalue weighted by molar-refractivity contribution is 5.59. The number of nitrogens with zero attached hydrogens (tertiary/aromatic N) is 1.